The van der Waals surface area contributed by atoms with Gasteiger partial charge in [0.05, 0.1) is 5.25 Å². The largest absolute Gasteiger partial charge is 0.475 e. The Morgan fingerprint density at radius 1 is 1.59 bits per heavy atom. The lowest BCUT2D eigenvalue weighted by atomic mass is 10.3. The van der Waals surface area contributed by atoms with Gasteiger partial charge in [0, 0.05) is 0 Å². The Labute approximate surface area is 106 Å². The maximum Gasteiger partial charge on any atom is 0.371 e. The molecular formula is C10H10N2O3S2. The summed E-state index contributed by atoms with van der Waals surface area (Å²) in [6.07, 6.45) is 0. The molecule has 0 saturated carbocycles. The number of aromatic nitrogens is 2. The number of carbonyl (C=O) groups is 1. The SMILES string of the molecule is Cc1nsc(SC(C)c2ccc(C(=O)O)o2)n1. The van der Waals surface area contributed by atoms with Crippen molar-refractivity contribution in [2.75, 3.05) is 0 Å². The van der Waals surface area contributed by atoms with E-state index in [0.29, 0.717) is 5.76 Å². The van der Waals surface area contributed by atoms with Gasteiger partial charge in [0.1, 0.15) is 11.6 Å². The van der Waals surface area contributed by atoms with Crippen molar-refractivity contribution < 1.29 is 14.3 Å². The first-order valence-electron chi connectivity index (χ1n) is 4.86. The van der Waals surface area contributed by atoms with Gasteiger partial charge in [-0.3, -0.25) is 0 Å². The minimum absolute atomic E-state index is 0.00968. The van der Waals surface area contributed by atoms with Gasteiger partial charge in [0.25, 0.3) is 0 Å². The summed E-state index contributed by atoms with van der Waals surface area (Å²) in [5, 5.41) is 8.76. The van der Waals surface area contributed by atoms with Crippen molar-refractivity contribution in [3.63, 3.8) is 0 Å². The lowest BCUT2D eigenvalue weighted by Gasteiger charge is -2.04. The van der Waals surface area contributed by atoms with Gasteiger partial charge in [-0.15, -0.1) is 0 Å². The number of nitrogens with zero attached hydrogens (tertiary/aromatic N) is 2. The zero-order valence-corrected chi connectivity index (χ0v) is 10.8. The Balaban J connectivity index is 2.08. The summed E-state index contributed by atoms with van der Waals surface area (Å²) in [6, 6.07) is 3.13. The van der Waals surface area contributed by atoms with E-state index in [1.54, 1.807) is 6.07 Å². The van der Waals surface area contributed by atoms with Crippen LogP contribution in [0.15, 0.2) is 20.9 Å². The quantitative estimate of drug-likeness (QED) is 0.861. The smallest absolute Gasteiger partial charge is 0.371 e. The third kappa shape index (κ3) is 2.86. The van der Waals surface area contributed by atoms with Crippen LogP contribution in [-0.2, 0) is 0 Å². The molecule has 0 spiro atoms. The minimum Gasteiger partial charge on any atom is -0.475 e. The van der Waals surface area contributed by atoms with E-state index in [-0.39, 0.29) is 11.0 Å². The number of furan rings is 1. The summed E-state index contributed by atoms with van der Waals surface area (Å²) in [4.78, 5) is 14.9. The average molecular weight is 270 g/mol. The Morgan fingerprint density at radius 2 is 2.35 bits per heavy atom. The summed E-state index contributed by atoms with van der Waals surface area (Å²) in [6.45, 7) is 3.77. The fraction of sp³-hybridized carbons (Fsp3) is 0.300. The van der Waals surface area contributed by atoms with Crippen LogP contribution >= 0.6 is 23.3 Å². The standard InChI is InChI=1S/C10H10N2O3S2/c1-5(16-10-11-6(2)12-17-10)7-3-4-8(15-7)9(13)14/h3-5H,1-2H3,(H,13,14). The predicted octanol–water partition coefficient (Wildman–Crippen LogP) is 2.99. The summed E-state index contributed by atoms with van der Waals surface area (Å²) < 4.78 is 10.2. The van der Waals surface area contributed by atoms with Gasteiger partial charge in [-0.05, 0) is 37.5 Å². The van der Waals surface area contributed by atoms with Gasteiger partial charge in [-0.2, -0.15) is 4.37 Å². The van der Waals surface area contributed by atoms with E-state index in [1.165, 1.54) is 29.4 Å². The number of hydrogen-bond donors (Lipinski definition) is 1. The molecular weight excluding hydrogens is 260 g/mol. The molecule has 90 valence electrons. The molecule has 2 heterocycles. The number of carboxylic acids is 1. The van der Waals surface area contributed by atoms with Crippen LogP contribution in [0.3, 0.4) is 0 Å². The van der Waals surface area contributed by atoms with Crippen molar-refractivity contribution in [3.8, 4) is 0 Å². The second-order valence-corrected chi connectivity index (χ2v) is 5.71. The number of carboxylic acid groups (broad SMARTS) is 1. The summed E-state index contributed by atoms with van der Waals surface area (Å²) in [5.41, 5.74) is 0. The molecule has 0 aliphatic heterocycles. The highest BCUT2D eigenvalue weighted by atomic mass is 32.2. The molecule has 2 aromatic rings. The number of hydrogen-bond acceptors (Lipinski definition) is 6. The van der Waals surface area contributed by atoms with E-state index in [4.69, 9.17) is 9.52 Å². The molecule has 1 unspecified atom stereocenters. The fourth-order valence-electron chi connectivity index (χ4n) is 1.22. The number of thioether (sulfide) groups is 1. The molecule has 0 aromatic carbocycles. The third-order valence-electron chi connectivity index (χ3n) is 2.02. The second kappa shape index (κ2) is 4.89. The molecule has 5 nitrogen and oxygen atoms in total. The zero-order valence-electron chi connectivity index (χ0n) is 9.21. The molecule has 0 bridgehead atoms. The van der Waals surface area contributed by atoms with Gasteiger partial charge in [-0.25, -0.2) is 9.78 Å². The molecule has 2 rings (SSSR count). The zero-order chi connectivity index (χ0) is 12.4. The van der Waals surface area contributed by atoms with Crippen LogP contribution in [0, 0.1) is 6.92 Å². The van der Waals surface area contributed by atoms with E-state index < -0.39 is 5.97 Å². The van der Waals surface area contributed by atoms with Crippen molar-refractivity contribution >= 4 is 29.3 Å². The minimum atomic E-state index is -1.06. The monoisotopic (exact) mass is 270 g/mol. The molecule has 17 heavy (non-hydrogen) atoms. The van der Waals surface area contributed by atoms with Crippen LogP contribution < -0.4 is 0 Å². The highest BCUT2D eigenvalue weighted by molar-refractivity contribution is 8.01. The van der Waals surface area contributed by atoms with Crippen molar-refractivity contribution in [1.29, 1.82) is 0 Å². The molecule has 0 aliphatic carbocycles. The molecule has 0 saturated heterocycles. The first kappa shape index (κ1) is 12.1. The average Bonchev–Trinajstić information content (AvgIpc) is 2.86. The summed E-state index contributed by atoms with van der Waals surface area (Å²) in [7, 11) is 0. The first-order valence-corrected chi connectivity index (χ1v) is 6.51. The van der Waals surface area contributed by atoms with Crippen LogP contribution in [-0.4, -0.2) is 20.4 Å². The summed E-state index contributed by atoms with van der Waals surface area (Å²) in [5.74, 6) is 0.275. The van der Waals surface area contributed by atoms with E-state index in [0.717, 1.165) is 10.2 Å². The van der Waals surface area contributed by atoms with Crippen LogP contribution in [0.1, 0.15) is 34.3 Å². The number of aromatic carboxylic acids is 1. The number of aryl methyl sites for hydroxylation is 1. The van der Waals surface area contributed by atoms with E-state index >= 15 is 0 Å². The molecule has 1 atom stereocenters. The normalized spacial score (nSPS) is 12.6. The fourth-order valence-corrected chi connectivity index (χ4v) is 3.09. The Hall–Kier alpha value is -1.34. The van der Waals surface area contributed by atoms with Gasteiger partial charge in [-0.1, -0.05) is 11.8 Å². The van der Waals surface area contributed by atoms with Crippen molar-refractivity contribution in [2.24, 2.45) is 0 Å². The van der Waals surface area contributed by atoms with Crippen molar-refractivity contribution in [1.82, 2.24) is 9.36 Å². The third-order valence-corrected chi connectivity index (χ3v) is 4.02. The predicted molar refractivity (Wildman–Crippen MR) is 64.6 cm³/mol. The molecule has 7 heteroatoms. The topological polar surface area (TPSA) is 76.2 Å². The Bertz CT molecular complexity index is 535. The van der Waals surface area contributed by atoms with Gasteiger partial charge in [0.15, 0.2) is 4.34 Å². The maximum absolute atomic E-state index is 10.7. The molecule has 0 amide bonds. The lowest BCUT2D eigenvalue weighted by molar-refractivity contribution is 0.0660. The molecule has 0 radical (unpaired) electrons. The molecule has 0 fully saturated rings. The van der Waals surface area contributed by atoms with Crippen LogP contribution in [0.5, 0.6) is 0 Å². The lowest BCUT2D eigenvalue weighted by Crippen LogP contribution is -1.92. The Morgan fingerprint density at radius 3 is 2.88 bits per heavy atom. The van der Waals surface area contributed by atoms with E-state index in [9.17, 15) is 4.79 Å². The number of rotatable bonds is 4. The Kier molecular flexibility index (Phi) is 3.49. The molecule has 1 N–H and O–H groups in total. The van der Waals surface area contributed by atoms with E-state index in [1.807, 2.05) is 13.8 Å². The van der Waals surface area contributed by atoms with Gasteiger partial charge < -0.3 is 9.52 Å². The van der Waals surface area contributed by atoms with Crippen LogP contribution in [0.2, 0.25) is 0 Å². The van der Waals surface area contributed by atoms with E-state index in [2.05, 4.69) is 9.36 Å². The highest BCUT2D eigenvalue weighted by Crippen LogP contribution is 2.36. The molecule has 0 aliphatic rings. The highest BCUT2D eigenvalue weighted by Gasteiger charge is 2.16. The van der Waals surface area contributed by atoms with Gasteiger partial charge >= 0.3 is 5.97 Å². The maximum atomic E-state index is 10.7. The van der Waals surface area contributed by atoms with Crippen molar-refractivity contribution in [2.45, 2.75) is 23.4 Å². The van der Waals surface area contributed by atoms with Crippen LogP contribution in [0.4, 0.5) is 0 Å². The second-order valence-electron chi connectivity index (χ2n) is 3.37. The van der Waals surface area contributed by atoms with Gasteiger partial charge in [0.2, 0.25) is 5.76 Å². The van der Waals surface area contributed by atoms with Crippen LogP contribution in [0.25, 0.3) is 0 Å². The summed E-state index contributed by atoms with van der Waals surface area (Å²) >= 11 is 2.83. The first-order chi connectivity index (χ1) is 8.06. The molecule has 2 aromatic heterocycles. The van der Waals surface area contributed by atoms with Crippen molar-refractivity contribution in [3.05, 3.63) is 29.5 Å².